The highest BCUT2D eigenvalue weighted by molar-refractivity contribution is 7.12. The minimum atomic E-state index is -0.354. The summed E-state index contributed by atoms with van der Waals surface area (Å²) in [5.41, 5.74) is 3.52. The van der Waals surface area contributed by atoms with E-state index in [0.29, 0.717) is 16.1 Å². The molecule has 2 aromatic carbocycles. The number of amides is 3. The lowest BCUT2D eigenvalue weighted by atomic mass is 10.1. The Bertz CT molecular complexity index is 1080. The maximum absolute atomic E-state index is 12.9. The molecule has 2 N–H and O–H groups in total. The molecular formula is C23H23N3O3S. The fraction of sp³-hybridized carbons (Fsp3) is 0.174. The fourth-order valence-electron chi connectivity index (χ4n) is 2.94. The minimum absolute atomic E-state index is 0.112. The van der Waals surface area contributed by atoms with E-state index in [9.17, 15) is 14.4 Å². The number of anilines is 2. The van der Waals surface area contributed by atoms with Crippen LogP contribution in [-0.4, -0.2) is 36.2 Å². The Morgan fingerprint density at radius 3 is 2.37 bits per heavy atom. The number of thiophene rings is 1. The Morgan fingerprint density at radius 2 is 1.63 bits per heavy atom. The predicted molar refractivity (Wildman–Crippen MR) is 120 cm³/mol. The molecular weight excluding hydrogens is 398 g/mol. The van der Waals surface area contributed by atoms with Gasteiger partial charge in [0.05, 0.1) is 22.7 Å². The number of aryl methyl sites for hydroxylation is 1. The largest absolute Gasteiger partial charge is 0.332 e. The standard InChI is InChI=1S/C23H23N3O3S/c1-15-8-6-11-18(16(15)2)24-21(27)14-26(3)23(29)17-9-4-5-10-19(17)25-22(28)20-12-7-13-30-20/h4-13H,14H2,1-3H3,(H,24,27)(H,25,28). The van der Waals surface area contributed by atoms with Crippen molar-refractivity contribution in [2.45, 2.75) is 13.8 Å². The summed E-state index contributed by atoms with van der Waals surface area (Å²) >= 11 is 1.32. The number of rotatable bonds is 6. The highest BCUT2D eigenvalue weighted by Crippen LogP contribution is 2.20. The van der Waals surface area contributed by atoms with E-state index >= 15 is 0 Å². The Morgan fingerprint density at radius 1 is 0.900 bits per heavy atom. The Kier molecular flexibility index (Phi) is 6.64. The molecule has 1 heterocycles. The molecule has 0 fully saturated rings. The summed E-state index contributed by atoms with van der Waals surface area (Å²) < 4.78 is 0. The third-order valence-corrected chi connectivity index (χ3v) is 5.63. The normalized spacial score (nSPS) is 10.4. The lowest BCUT2D eigenvalue weighted by molar-refractivity contribution is -0.116. The number of para-hydroxylation sites is 1. The molecule has 0 bridgehead atoms. The van der Waals surface area contributed by atoms with Crippen LogP contribution in [-0.2, 0) is 4.79 Å². The quantitative estimate of drug-likeness (QED) is 0.622. The maximum Gasteiger partial charge on any atom is 0.265 e. The van der Waals surface area contributed by atoms with E-state index in [4.69, 9.17) is 0 Å². The van der Waals surface area contributed by atoms with Crippen LogP contribution in [0.4, 0.5) is 11.4 Å². The van der Waals surface area contributed by atoms with Gasteiger partial charge < -0.3 is 15.5 Å². The Balaban J connectivity index is 1.69. The molecule has 0 aliphatic heterocycles. The van der Waals surface area contributed by atoms with Crippen LogP contribution >= 0.6 is 11.3 Å². The molecule has 30 heavy (non-hydrogen) atoms. The molecule has 0 atom stereocenters. The van der Waals surface area contributed by atoms with Gasteiger partial charge in [-0.25, -0.2) is 0 Å². The van der Waals surface area contributed by atoms with E-state index in [1.807, 2.05) is 37.4 Å². The van der Waals surface area contributed by atoms with Gasteiger partial charge >= 0.3 is 0 Å². The van der Waals surface area contributed by atoms with Gasteiger partial charge in [-0.05, 0) is 54.6 Å². The van der Waals surface area contributed by atoms with Crippen LogP contribution < -0.4 is 10.6 Å². The van der Waals surface area contributed by atoms with Crippen LogP contribution in [0.15, 0.2) is 60.0 Å². The molecule has 3 rings (SSSR count). The highest BCUT2D eigenvalue weighted by Gasteiger charge is 2.20. The second-order valence-electron chi connectivity index (χ2n) is 6.93. The van der Waals surface area contributed by atoms with Crippen LogP contribution in [0.2, 0.25) is 0 Å². The molecule has 0 saturated carbocycles. The van der Waals surface area contributed by atoms with Crippen molar-refractivity contribution >= 4 is 40.4 Å². The number of hydrogen-bond donors (Lipinski definition) is 2. The molecule has 0 unspecified atom stereocenters. The van der Waals surface area contributed by atoms with Gasteiger partial charge in [-0.1, -0.05) is 30.3 Å². The number of carbonyl (C=O) groups excluding carboxylic acids is 3. The van der Waals surface area contributed by atoms with Crippen molar-refractivity contribution in [3.8, 4) is 0 Å². The van der Waals surface area contributed by atoms with E-state index in [1.165, 1.54) is 16.2 Å². The van der Waals surface area contributed by atoms with Crippen LogP contribution in [0.25, 0.3) is 0 Å². The Labute approximate surface area is 179 Å². The second kappa shape index (κ2) is 9.37. The average molecular weight is 422 g/mol. The van der Waals surface area contributed by atoms with Crippen LogP contribution in [0.1, 0.15) is 31.2 Å². The summed E-state index contributed by atoms with van der Waals surface area (Å²) in [7, 11) is 1.56. The first-order valence-electron chi connectivity index (χ1n) is 9.42. The number of nitrogens with zero attached hydrogens (tertiary/aromatic N) is 1. The zero-order chi connectivity index (χ0) is 21.7. The number of nitrogens with one attached hydrogen (secondary N) is 2. The molecule has 1 aromatic heterocycles. The van der Waals surface area contributed by atoms with Crippen molar-refractivity contribution in [2.24, 2.45) is 0 Å². The smallest absolute Gasteiger partial charge is 0.265 e. The molecule has 3 amide bonds. The van der Waals surface area contributed by atoms with Crippen LogP contribution in [0.3, 0.4) is 0 Å². The fourth-order valence-corrected chi connectivity index (χ4v) is 3.56. The molecule has 7 heteroatoms. The molecule has 3 aromatic rings. The van der Waals surface area contributed by atoms with Crippen LogP contribution in [0.5, 0.6) is 0 Å². The van der Waals surface area contributed by atoms with Gasteiger partial charge in [0.1, 0.15) is 0 Å². The highest BCUT2D eigenvalue weighted by atomic mass is 32.1. The molecule has 154 valence electrons. The van der Waals surface area contributed by atoms with Crippen molar-refractivity contribution in [2.75, 3.05) is 24.2 Å². The summed E-state index contributed by atoms with van der Waals surface area (Å²) in [6, 6.07) is 16.0. The summed E-state index contributed by atoms with van der Waals surface area (Å²) in [5.74, 6) is -0.923. The van der Waals surface area contributed by atoms with Crippen LogP contribution in [0, 0.1) is 13.8 Å². The summed E-state index contributed by atoms with van der Waals surface area (Å²) in [6.07, 6.45) is 0. The number of benzene rings is 2. The first-order chi connectivity index (χ1) is 14.4. The summed E-state index contributed by atoms with van der Waals surface area (Å²) in [4.78, 5) is 39.7. The van der Waals surface area contributed by atoms with Gasteiger partial charge in [-0.2, -0.15) is 0 Å². The molecule has 0 saturated heterocycles. The zero-order valence-electron chi connectivity index (χ0n) is 17.1. The van der Waals surface area contributed by atoms with Gasteiger partial charge in [0.15, 0.2) is 0 Å². The number of likely N-dealkylation sites (N-methyl/N-ethyl adjacent to an activating group) is 1. The molecule has 0 radical (unpaired) electrons. The first-order valence-corrected chi connectivity index (χ1v) is 10.3. The van der Waals surface area contributed by atoms with Crippen molar-refractivity contribution < 1.29 is 14.4 Å². The van der Waals surface area contributed by atoms with Gasteiger partial charge in [-0.3, -0.25) is 14.4 Å². The number of carbonyl (C=O) groups is 3. The molecule has 0 aliphatic rings. The van der Waals surface area contributed by atoms with Gasteiger partial charge in [-0.15, -0.1) is 11.3 Å². The lowest BCUT2D eigenvalue weighted by Crippen LogP contribution is -2.35. The topological polar surface area (TPSA) is 78.5 Å². The van der Waals surface area contributed by atoms with E-state index in [0.717, 1.165) is 16.8 Å². The Hall–Kier alpha value is -3.45. The molecule has 0 aliphatic carbocycles. The van der Waals surface area contributed by atoms with Crippen molar-refractivity contribution in [3.63, 3.8) is 0 Å². The number of hydrogen-bond acceptors (Lipinski definition) is 4. The van der Waals surface area contributed by atoms with E-state index in [1.54, 1.807) is 43.4 Å². The predicted octanol–water partition coefficient (Wildman–Crippen LogP) is 4.33. The minimum Gasteiger partial charge on any atom is -0.332 e. The monoisotopic (exact) mass is 421 g/mol. The first kappa shape index (κ1) is 21.3. The maximum atomic E-state index is 12.9. The molecule has 0 spiro atoms. The van der Waals surface area contributed by atoms with E-state index < -0.39 is 0 Å². The van der Waals surface area contributed by atoms with Crippen molar-refractivity contribution in [1.29, 1.82) is 0 Å². The van der Waals surface area contributed by atoms with Gasteiger partial charge in [0.2, 0.25) is 5.91 Å². The van der Waals surface area contributed by atoms with E-state index in [2.05, 4.69) is 10.6 Å². The summed E-state index contributed by atoms with van der Waals surface area (Å²) in [5, 5.41) is 7.45. The van der Waals surface area contributed by atoms with Gasteiger partial charge in [0, 0.05) is 12.7 Å². The van der Waals surface area contributed by atoms with Crippen molar-refractivity contribution in [1.82, 2.24) is 4.90 Å². The summed E-state index contributed by atoms with van der Waals surface area (Å²) in [6.45, 7) is 3.80. The average Bonchev–Trinajstić information content (AvgIpc) is 3.26. The lowest BCUT2D eigenvalue weighted by Gasteiger charge is -2.19. The van der Waals surface area contributed by atoms with Crippen molar-refractivity contribution in [3.05, 3.63) is 81.5 Å². The third kappa shape index (κ3) is 4.93. The van der Waals surface area contributed by atoms with Gasteiger partial charge in [0.25, 0.3) is 11.8 Å². The SMILES string of the molecule is Cc1cccc(NC(=O)CN(C)C(=O)c2ccccc2NC(=O)c2cccs2)c1C. The second-order valence-corrected chi connectivity index (χ2v) is 7.88. The van der Waals surface area contributed by atoms with E-state index in [-0.39, 0.29) is 24.3 Å². The zero-order valence-corrected chi connectivity index (χ0v) is 17.9. The third-order valence-electron chi connectivity index (χ3n) is 4.76. The molecule has 6 nitrogen and oxygen atoms in total.